The minimum absolute atomic E-state index is 0. The molecular weight excluding hydrogens is 755 g/mol. The van der Waals surface area contributed by atoms with Crippen molar-refractivity contribution >= 4 is 21.8 Å². The van der Waals surface area contributed by atoms with Gasteiger partial charge in [-0.25, -0.2) is 9.37 Å². The molecule has 0 fully saturated rings. The van der Waals surface area contributed by atoms with Gasteiger partial charge in [-0.2, -0.15) is 17.2 Å². The van der Waals surface area contributed by atoms with Gasteiger partial charge in [-0.05, 0) is 78.2 Å². The van der Waals surface area contributed by atoms with E-state index in [1.54, 1.807) is 12.1 Å². The predicted molar refractivity (Wildman–Crippen MR) is 178 cm³/mol. The van der Waals surface area contributed by atoms with Gasteiger partial charge in [-0.3, -0.25) is 4.68 Å². The summed E-state index contributed by atoms with van der Waals surface area (Å²) in [7, 11) is 0. The fourth-order valence-corrected chi connectivity index (χ4v) is 6.14. The SMILES string of the molecule is Cc1nn(-c2[c-]c(Oc3[c-]c4c(cc3)c3cc(F)ccc3n4-c3cc(CC(C)(C)C)ccn3)ccc2)c(C)c1-c1ccccc1.[Pt+2]. The largest absolute Gasteiger partial charge is 2.00 e. The maximum Gasteiger partial charge on any atom is 2.00 e. The third kappa shape index (κ3) is 6.02. The van der Waals surface area contributed by atoms with Crippen molar-refractivity contribution < 1.29 is 30.2 Å². The molecule has 0 aliphatic heterocycles. The number of aromatic nitrogens is 4. The van der Waals surface area contributed by atoms with Gasteiger partial charge >= 0.3 is 21.1 Å². The van der Waals surface area contributed by atoms with Crippen molar-refractivity contribution in [1.29, 1.82) is 0 Å². The molecule has 0 aliphatic rings. The monoisotopic (exact) mass is 787 g/mol. The minimum atomic E-state index is -0.290. The van der Waals surface area contributed by atoms with Crippen LogP contribution in [0.15, 0.2) is 97.2 Å². The van der Waals surface area contributed by atoms with Crippen LogP contribution in [0.3, 0.4) is 0 Å². The summed E-state index contributed by atoms with van der Waals surface area (Å²) >= 11 is 0. The van der Waals surface area contributed by atoms with Crippen molar-refractivity contribution in [1.82, 2.24) is 19.3 Å². The van der Waals surface area contributed by atoms with E-state index in [9.17, 15) is 4.39 Å². The van der Waals surface area contributed by atoms with Gasteiger partial charge in [0.25, 0.3) is 0 Å². The zero-order chi connectivity index (χ0) is 31.3. The van der Waals surface area contributed by atoms with Crippen LogP contribution in [-0.2, 0) is 27.5 Å². The normalized spacial score (nSPS) is 11.6. The third-order valence-corrected chi connectivity index (χ3v) is 7.94. The summed E-state index contributed by atoms with van der Waals surface area (Å²) in [6, 6.07) is 35.7. The number of ether oxygens (including phenoxy) is 1. The molecule has 0 atom stereocenters. The summed E-state index contributed by atoms with van der Waals surface area (Å²) in [6.45, 7) is 10.7. The number of rotatable bonds is 6. The van der Waals surface area contributed by atoms with Crippen LogP contribution in [0.5, 0.6) is 11.5 Å². The number of aryl methyl sites for hydroxylation is 1. The third-order valence-electron chi connectivity index (χ3n) is 7.94. The summed E-state index contributed by atoms with van der Waals surface area (Å²) < 4.78 is 24.7. The van der Waals surface area contributed by atoms with E-state index in [0.29, 0.717) is 11.5 Å². The molecule has 0 radical (unpaired) electrons. The molecule has 4 aromatic carbocycles. The van der Waals surface area contributed by atoms with Crippen LogP contribution in [0.1, 0.15) is 37.7 Å². The van der Waals surface area contributed by atoms with Crippen LogP contribution in [0, 0.1) is 37.2 Å². The molecule has 46 heavy (non-hydrogen) atoms. The Hall–Kier alpha value is -4.54. The molecule has 0 aliphatic carbocycles. The fraction of sp³-hybridized carbons (Fsp3) is 0.179. The van der Waals surface area contributed by atoms with E-state index < -0.39 is 0 Å². The van der Waals surface area contributed by atoms with Crippen LogP contribution < -0.4 is 4.74 Å². The molecule has 7 heteroatoms. The van der Waals surface area contributed by atoms with E-state index >= 15 is 0 Å². The Morgan fingerprint density at radius 2 is 1.61 bits per heavy atom. The Labute approximate surface area is 282 Å². The van der Waals surface area contributed by atoms with Gasteiger partial charge in [0.1, 0.15) is 11.6 Å². The number of benzene rings is 4. The second-order valence-corrected chi connectivity index (χ2v) is 12.7. The van der Waals surface area contributed by atoms with Crippen molar-refractivity contribution in [3.63, 3.8) is 0 Å². The smallest absolute Gasteiger partial charge is 0.509 e. The van der Waals surface area contributed by atoms with Crippen LogP contribution in [0.4, 0.5) is 4.39 Å². The molecular formula is C39H33FN4OPt. The molecule has 7 rings (SSSR count). The Kier molecular flexibility index (Phi) is 8.43. The van der Waals surface area contributed by atoms with Crippen LogP contribution in [0.2, 0.25) is 0 Å². The molecule has 3 heterocycles. The molecule has 7 aromatic rings. The zero-order valence-corrected chi connectivity index (χ0v) is 28.6. The molecule has 0 unspecified atom stereocenters. The topological polar surface area (TPSA) is 44.9 Å². The molecule has 0 N–H and O–H groups in total. The average Bonchev–Trinajstić information content (AvgIpc) is 3.49. The average molecular weight is 788 g/mol. The summed E-state index contributed by atoms with van der Waals surface area (Å²) in [6.07, 6.45) is 2.74. The van der Waals surface area contributed by atoms with Gasteiger partial charge in [0.2, 0.25) is 0 Å². The van der Waals surface area contributed by atoms with Crippen molar-refractivity contribution in [2.75, 3.05) is 0 Å². The zero-order valence-electron chi connectivity index (χ0n) is 26.3. The maximum atomic E-state index is 14.5. The van der Waals surface area contributed by atoms with E-state index in [2.05, 4.69) is 64.1 Å². The maximum absolute atomic E-state index is 14.5. The number of pyridine rings is 1. The van der Waals surface area contributed by atoms with Gasteiger partial charge in [0.15, 0.2) is 0 Å². The number of nitrogens with zero attached hydrogens (tertiary/aromatic N) is 4. The summed E-state index contributed by atoms with van der Waals surface area (Å²) in [5, 5.41) is 6.50. The van der Waals surface area contributed by atoms with Crippen molar-refractivity contribution in [2.24, 2.45) is 5.41 Å². The van der Waals surface area contributed by atoms with E-state index in [1.807, 2.05) is 70.9 Å². The summed E-state index contributed by atoms with van der Waals surface area (Å²) in [5.74, 6) is 1.52. The first-order valence-electron chi connectivity index (χ1n) is 15.1. The molecule has 232 valence electrons. The number of hydrogen-bond donors (Lipinski definition) is 0. The first-order valence-corrected chi connectivity index (χ1v) is 15.1. The Balaban J connectivity index is 0.00000372. The molecule has 0 bridgehead atoms. The molecule has 0 saturated heterocycles. The van der Waals surface area contributed by atoms with Crippen molar-refractivity contribution in [3.05, 3.63) is 132 Å². The van der Waals surface area contributed by atoms with Gasteiger partial charge in [0, 0.05) is 34.5 Å². The standard InChI is InChI=1S/C39H33FN4O.Pt/c1-25-38(28-10-7-6-8-11-28)26(2)44(42-25)30-12-9-13-31(22-30)45-32-15-16-33-34-21-29(40)14-17-35(34)43(36(33)23-32)37-20-27(18-19-41-37)24-39(3,4)5;/h6-21H,24H2,1-5H3;/q-2;+2. The second kappa shape index (κ2) is 12.3. The minimum Gasteiger partial charge on any atom is -0.509 e. The molecule has 0 amide bonds. The second-order valence-electron chi connectivity index (χ2n) is 12.7. The summed E-state index contributed by atoms with van der Waals surface area (Å²) in [4.78, 5) is 4.73. The first kappa shape index (κ1) is 31.4. The molecule has 5 nitrogen and oxygen atoms in total. The van der Waals surface area contributed by atoms with Crippen LogP contribution >= 0.6 is 0 Å². The van der Waals surface area contributed by atoms with Gasteiger partial charge in [-0.15, -0.1) is 35.7 Å². The Morgan fingerprint density at radius 3 is 2.39 bits per heavy atom. The summed E-state index contributed by atoms with van der Waals surface area (Å²) in [5.41, 5.74) is 7.91. The van der Waals surface area contributed by atoms with Gasteiger partial charge in [-0.1, -0.05) is 56.6 Å². The molecule has 0 saturated carbocycles. The number of hydrogen-bond acceptors (Lipinski definition) is 3. The molecule has 0 spiro atoms. The first-order chi connectivity index (χ1) is 21.6. The van der Waals surface area contributed by atoms with Crippen LogP contribution in [0.25, 0.3) is 44.4 Å². The Morgan fingerprint density at radius 1 is 0.826 bits per heavy atom. The van der Waals surface area contributed by atoms with Gasteiger partial charge < -0.3 is 9.30 Å². The van der Waals surface area contributed by atoms with Gasteiger partial charge in [0.05, 0.1) is 5.69 Å². The number of halogens is 1. The Bertz CT molecular complexity index is 2190. The van der Waals surface area contributed by atoms with Crippen molar-refractivity contribution in [3.8, 4) is 34.1 Å². The quantitative estimate of drug-likeness (QED) is 0.158. The number of fused-ring (bicyclic) bond motifs is 3. The van der Waals surface area contributed by atoms with E-state index in [0.717, 1.165) is 62.2 Å². The van der Waals surface area contributed by atoms with E-state index in [1.165, 1.54) is 11.6 Å². The molecule has 3 aromatic heterocycles. The van der Waals surface area contributed by atoms with Crippen LogP contribution in [-0.4, -0.2) is 19.3 Å². The van der Waals surface area contributed by atoms with E-state index in [4.69, 9.17) is 14.8 Å². The fourth-order valence-electron chi connectivity index (χ4n) is 6.14. The van der Waals surface area contributed by atoms with E-state index in [-0.39, 0.29) is 32.3 Å². The van der Waals surface area contributed by atoms with Crippen molar-refractivity contribution in [2.45, 2.75) is 41.0 Å². The predicted octanol–water partition coefficient (Wildman–Crippen LogP) is 9.77.